The fourth-order valence-electron chi connectivity index (χ4n) is 2.03. The van der Waals surface area contributed by atoms with Gasteiger partial charge in [-0.3, -0.25) is 0 Å². The molecule has 0 unspecified atom stereocenters. The molecule has 0 fully saturated rings. The Morgan fingerprint density at radius 2 is 1.90 bits per heavy atom. The molecule has 0 heterocycles. The Morgan fingerprint density at radius 1 is 1.15 bits per heavy atom. The van der Waals surface area contributed by atoms with Gasteiger partial charge in [0.2, 0.25) is 0 Å². The molecular weight excluding hydrogens is 304 g/mol. The molecule has 0 aromatic heterocycles. The third-order valence-corrected chi connectivity index (χ3v) is 5.05. The monoisotopic (exact) mass is 328 g/mol. The Hall–Kier alpha value is -0.0500. The summed E-state index contributed by atoms with van der Waals surface area (Å²) in [5.41, 5.74) is 0. The van der Waals surface area contributed by atoms with Gasteiger partial charge in [0.15, 0.2) is 0 Å². The molecule has 20 heavy (non-hydrogen) atoms. The van der Waals surface area contributed by atoms with Crippen LogP contribution in [0.4, 0.5) is 0 Å². The first-order chi connectivity index (χ1) is 9.76. The summed E-state index contributed by atoms with van der Waals surface area (Å²) in [5, 5.41) is 3.09. The predicted octanol–water partition coefficient (Wildman–Crippen LogP) is 7.39. The van der Waals surface area contributed by atoms with Crippen molar-refractivity contribution in [1.29, 1.82) is 0 Å². The van der Waals surface area contributed by atoms with Gasteiger partial charge in [-0.15, -0.1) is 11.8 Å². The van der Waals surface area contributed by atoms with Crippen molar-refractivity contribution in [3.8, 4) is 0 Å². The zero-order valence-corrected chi connectivity index (χ0v) is 14.9. The van der Waals surface area contributed by atoms with Crippen molar-refractivity contribution >= 4 is 35.1 Å². The molecule has 0 nitrogen and oxygen atoms in total. The standard InChI is InChI=1S/C17H25ClS2/c1-3-4-5-6-7-8-11-17(14-19-2)20-16-12-9-10-15(18)13-16/h9-10,12-14H,3-8,11H2,1-2H3/b17-14+. The number of halogens is 1. The molecule has 1 aromatic rings. The first-order valence-corrected chi connectivity index (χ1v) is 9.89. The van der Waals surface area contributed by atoms with Crippen molar-refractivity contribution in [1.82, 2.24) is 0 Å². The maximum Gasteiger partial charge on any atom is 0.0417 e. The number of hydrogen-bond donors (Lipinski definition) is 0. The topological polar surface area (TPSA) is 0 Å². The molecule has 0 aliphatic rings. The zero-order valence-electron chi connectivity index (χ0n) is 12.5. The van der Waals surface area contributed by atoms with E-state index in [0.29, 0.717) is 0 Å². The highest BCUT2D eigenvalue weighted by Gasteiger charge is 2.02. The Labute approximate surface area is 137 Å². The minimum Gasteiger partial charge on any atom is -0.137 e. The second-order valence-corrected chi connectivity index (χ2v) is 7.24. The van der Waals surface area contributed by atoms with E-state index in [1.54, 1.807) is 11.8 Å². The number of benzene rings is 1. The molecule has 0 saturated carbocycles. The van der Waals surface area contributed by atoms with Gasteiger partial charge >= 0.3 is 0 Å². The van der Waals surface area contributed by atoms with E-state index in [0.717, 1.165) is 5.02 Å². The highest BCUT2D eigenvalue weighted by atomic mass is 35.5. The number of hydrogen-bond acceptors (Lipinski definition) is 2. The third-order valence-electron chi connectivity index (χ3n) is 3.07. The first kappa shape index (κ1) is 18.0. The van der Waals surface area contributed by atoms with Crippen LogP contribution in [0.5, 0.6) is 0 Å². The highest BCUT2D eigenvalue weighted by molar-refractivity contribution is 8.05. The van der Waals surface area contributed by atoms with Gasteiger partial charge in [-0.25, -0.2) is 0 Å². The Morgan fingerprint density at radius 3 is 2.60 bits per heavy atom. The summed E-state index contributed by atoms with van der Waals surface area (Å²) in [6.45, 7) is 2.26. The summed E-state index contributed by atoms with van der Waals surface area (Å²) >= 11 is 9.68. The van der Waals surface area contributed by atoms with Crippen LogP contribution >= 0.6 is 35.1 Å². The van der Waals surface area contributed by atoms with Crippen LogP contribution in [0.3, 0.4) is 0 Å². The van der Waals surface area contributed by atoms with Crippen molar-refractivity contribution in [2.45, 2.75) is 56.8 Å². The van der Waals surface area contributed by atoms with E-state index in [9.17, 15) is 0 Å². The molecule has 0 bridgehead atoms. The Balaban J connectivity index is 2.35. The molecule has 0 radical (unpaired) electrons. The van der Waals surface area contributed by atoms with Crippen LogP contribution < -0.4 is 0 Å². The molecule has 0 aliphatic carbocycles. The van der Waals surface area contributed by atoms with E-state index in [1.165, 1.54) is 54.7 Å². The predicted molar refractivity (Wildman–Crippen MR) is 96.9 cm³/mol. The van der Waals surface area contributed by atoms with Crippen molar-refractivity contribution in [2.24, 2.45) is 0 Å². The zero-order chi connectivity index (χ0) is 14.6. The molecule has 0 saturated heterocycles. The van der Waals surface area contributed by atoms with Crippen molar-refractivity contribution < 1.29 is 0 Å². The molecular formula is C17H25ClS2. The van der Waals surface area contributed by atoms with Gasteiger partial charge in [0.05, 0.1) is 0 Å². The lowest BCUT2D eigenvalue weighted by molar-refractivity contribution is 0.610. The van der Waals surface area contributed by atoms with Gasteiger partial charge in [-0.2, -0.15) is 0 Å². The molecule has 0 spiro atoms. The van der Waals surface area contributed by atoms with Gasteiger partial charge in [0.25, 0.3) is 0 Å². The van der Waals surface area contributed by atoms with Crippen LogP contribution in [-0.4, -0.2) is 6.26 Å². The van der Waals surface area contributed by atoms with E-state index in [-0.39, 0.29) is 0 Å². The average Bonchev–Trinajstić information content (AvgIpc) is 2.43. The van der Waals surface area contributed by atoms with E-state index >= 15 is 0 Å². The number of rotatable bonds is 10. The van der Waals surface area contributed by atoms with Crippen molar-refractivity contribution in [2.75, 3.05) is 6.26 Å². The van der Waals surface area contributed by atoms with E-state index in [1.807, 2.05) is 30.0 Å². The van der Waals surface area contributed by atoms with Gasteiger partial charge in [-0.05, 0) is 47.6 Å². The SMILES string of the molecule is CCCCCCCC/C(=C\SC)Sc1cccc(Cl)c1. The van der Waals surface area contributed by atoms with Gasteiger partial charge in [0.1, 0.15) is 0 Å². The molecule has 0 N–H and O–H groups in total. The second-order valence-electron chi connectivity index (χ2n) is 4.90. The van der Waals surface area contributed by atoms with Crippen LogP contribution in [0.25, 0.3) is 0 Å². The number of unbranched alkanes of at least 4 members (excludes halogenated alkanes) is 5. The van der Waals surface area contributed by atoms with E-state index in [4.69, 9.17) is 11.6 Å². The summed E-state index contributed by atoms with van der Waals surface area (Å²) in [7, 11) is 0. The van der Waals surface area contributed by atoms with Crippen LogP contribution in [0.15, 0.2) is 39.5 Å². The second kappa shape index (κ2) is 11.6. The maximum absolute atomic E-state index is 6.04. The summed E-state index contributed by atoms with van der Waals surface area (Å²) in [4.78, 5) is 2.69. The molecule has 112 valence electrons. The molecule has 1 aromatic carbocycles. The van der Waals surface area contributed by atoms with Crippen LogP contribution in [0.2, 0.25) is 5.02 Å². The Kier molecular flexibility index (Phi) is 10.4. The minimum atomic E-state index is 0.818. The van der Waals surface area contributed by atoms with E-state index in [2.05, 4.69) is 24.7 Å². The summed E-state index contributed by atoms with van der Waals surface area (Å²) in [5.74, 6) is 0. The van der Waals surface area contributed by atoms with Crippen LogP contribution in [-0.2, 0) is 0 Å². The van der Waals surface area contributed by atoms with Crippen LogP contribution in [0.1, 0.15) is 51.9 Å². The smallest absolute Gasteiger partial charge is 0.0417 e. The fourth-order valence-corrected chi connectivity index (χ4v) is 4.03. The number of thioether (sulfide) groups is 2. The lowest BCUT2D eigenvalue weighted by Crippen LogP contribution is -1.82. The molecule has 0 atom stereocenters. The quantitative estimate of drug-likeness (QED) is 0.324. The van der Waals surface area contributed by atoms with Gasteiger partial charge < -0.3 is 0 Å². The Bertz CT molecular complexity index is 402. The van der Waals surface area contributed by atoms with Gasteiger partial charge in [0, 0.05) is 9.92 Å². The summed E-state index contributed by atoms with van der Waals surface area (Å²) in [6, 6.07) is 8.12. The number of allylic oxidation sites excluding steroid dienone is 1. The lowest BCUT2D eigenvalue weighted by Gasteiger charge is -2.07. The fraction of sp³-hybridized carbons (Fsp3) is 0.529. The maximum atomic E-state index is 6.04. The van der Waals surface area contributed by atoms with Crippen molar-refractivity contribution in [3.63, 3.8) is 0 Å². The largest absolute Gasteiger partial charge is 0.137 e. The molecule has 3 heteroatoms. The van der Waals surface area contributed by atoms with Crippen molar-refractivity contribution in [3.05, 3.63) is 39.6 Å². The molecule has 1 rings (SSSR count). The third kappa shape index (κ3) is 8.28. The van der Waals surface area contributed by atoms with Gasteiger partial charge in [-0.1, -0.05) is 68.5 Å². The average molecular weight is 329 g/mol. The summed E-state index contributed by atoms with van der Waals surface area (Å²) < 4.78 is 0. The summed E-state index contributed by atoms with van der Waals surface area (Å²) in [6.07, 6.45) is 11.4. The van der Waals surface area contributed by atoms with Crippen LogP contribution in [0, 0.1) is 0 Å². The molecule has 0 aliphatic heterocycles. The highest BCUT2D eigenvalue weighted by Crippen LogP contribution is 2.33. The normalized spacial score (nSPS) is 11.8. The van der Waals surface area contributed by atoms with E-state index < -0.39 is 0 Å². The molecule has 0 amide bonds. The minimum absolute atomic E-state index is 0.818. The first-order valence-electron chi connectivity index (χ1n) is 7.41. The lowest BCUT2D eigenvalue weighted by atomic mass is 10.1.